The van der Waals surface area contributed by atoms with Crippen LogP contribution in [0.4, 0.5) is 5.00 Å². The lowest BCUT2D eigenvalue weighted by atomic mass is 9.81. The first-order valence-corrected chi connectivity index (χ1v) is 10.9. The van der Waals surface area contributed by atoms with Crippen LogP contribution >= 0.6 is 11.3 Å². The number of thiophene rings is 1. The number of benzene rings is 1. The summed E-state index contributed by atoms with van der Waals surface area (Å²) in [5.41, 5.74) is 2.82. The molecular formula is C23H28N3O3S+. The van der Waals surface area contributed by atoms with E-state index in [1.807, 2.05) is 19.1 Å². The van der Waals surface area contributed by atoms with E-state index in [9.17, 15) is 14.9 Å². The van der Waals surface area contributed by atoms with Gasteiger partial charge < -0.3 is 15.4 Å². The van der Waals surface area contributed by atoms with Crippen LogP contribution in [0.2, 0.25) is 0 Å². The van der Waals surface area contributed by atoms with E-state index in [-0.39, 0.29) is 11.1 Å². The Morgan fingerprint density at radius 3 is 2.50 bits per heavy atom. The molecular weight excluding hydrogens is 398 g/mol. The average Bonchev–Trinajstić information content (AvgIpc) is 3.02. The number of quaternary nitrogens is 1. The quantitative estimate of drug-likeness (QED) is 0.718. The van der Waals surface area contributed by atoms with E-state index in [2.05, 4.69) is 44.4 Å². The largest absolute Gasteiger partial charge is 0.452 e. The third-order valence-corrected chi connectivity index (χ3v) is 6.76. The van der Waals surface area contributed by atoms with Crippen molar-refractivity contribution in [2.45, 2.75) is 58.5 Å². The summed E-state index contributed by atoms with van der Waals surface area (Å²) < 4.78 is 5.15. The second-order valence-electron chi connectivity index (χ2n) is 8.93. The van der Waals surface area contributed by atoms with Crippen molar-refractivity contribution in [3.63, 3.8) is 0 Å². The van der Waals surface area contributed by atoms with Gasteiger partial charge in [-0.05, 0) is 57.4 Å². The van der Waals surface area contributed by atoms with E-state index in [4.69, 9.17) is 4.74 Å². The van der Waals surface area contributed by atoms with E-state index >= 15 is 0 Å². The van der Waals surface area contributed by atoms with Crippen LogP contribution in [-0.4, -0.2) is 24.0 Å². The van der Waals surface area contributed by atoms with E-state index in [0.29, 0.717) is 16.1 Å². The number of hydrogen-bond acceptors (Lipinski definition) is 5. The second-order valence-corrected chi connectivity index (χ2v) is 9.95. The lowest BCUT2D eigenvalue weighted by molar-refractivity contribution is -0.789. The normalized spacial score (nSPS) is 16.3. The van der Waals surface area contributed by atoms with Gasteiger partial charge in [0.05, 0.1) is 21.5 Å². The average molecular weight is 427 g/mol. The summed E-state index contributed by atoms with van der Waals surface area (Å²) in [6.45, 7) is 10.2. The van der Waals surface area contributed by atoms with E-state index < -0.39 is 18.5 Å². The number of nitrogens with one attached hydrogen (secondary N) is 1. The molecule has 0 fully saturated rings. The number of nitriles is 1. The van der Waals surface area contributed by atoms with Crippen molar-refractivity contribution in [2.75, 3.05) is 11.9 Å². The molecule has 3 N–H and O–H groups in total. The molecule has 1 aromatic heterocycles. The fraction of sp³-hybridized carbons (Fsp3) is 0.435. The monoisotopic (exact) mass is 426 g/mol. The van der Waals surface area contributed by atoms with Crippen LogP contribution < -0.4 is 10.6 Å². The summed E-state index contributed by atoms with van der Waals surface area (Å²) in [6.07, 6.45) is 1.64. The molecule has 3 rings (SSSR count). The molecule has 0 saturated carbocycles. The fourth-order valence-corrected chi connectivity index (χ4v) is 5.42. The van der Waals surface area contributed by atoms with Crippen molar-refractivity contribution in [1.82, 2.24) is 0 Å². The molecule has 0 saturated heterocycles. The fourth-order valence-electron chi connectivity index (χ4n) is 4.16. The number of nitrogens with two attached hydrogens (primary N) is 1. The molecule has 7 heteroatoms. The number of carbonyl (C=O) groups excluding carboxylic acids is 2. The Morgan fingerprint density at radius 2 is 1.90 bits per heavy atom. The number of amides is 1. The predicted octanol–water partition coefficient (Wildman–Crippen LogP) is 3.11. The molecule has 2 aromatic rings. The molecule has 0 bridgehead atoms. The van der Waals surface area contributed by atoms with Gasteiger partial charge in [0.1, 0.15) is 16.6 Å². The van der Waals surface area contributed by atoms with Crippen molar-refractivity contribution in [2.24, 2.45) is 0 Å². The zero-order valence-electron chi connectivity index (χ0n) is 18.1. The summed E-state index contributed by atoms with van der Waals surface area (Å²) in [5, 5.41) is 15.3. The maximum Gasteiger partial charge on any atom is 0.338 e. The Kier molecular flexibility index (Phi) is 6.02. The molecule has 1 aliphatic heterocycles. The molecule has 2 heterocycles. The Bertz CT molecular complexity index is 1010. The number of ether oxygens (including phenoxy) is 1. The number of fused-ring (bicyclic) bond motifs is 1. The first-order valence-electron chi connectivity index (χ1n) is 10.1. The van der Waals surface area contributed by atoms with Crippen molar-refractivity contribution in [1.29, 1.82) is 5.26 Å². The molecule has 0 atom stereocenters. The molecule has 0 radical (unpaired) electrons. The van der Waals surface area contributed by atoms with Gasteiger partial charge in [-0.2, -0.15) is 5.26 Å². The van der Waals surface area contributed by atoms with Crippen LogP contribution in [0.15, 0.2) is 24.3 Å². The number of esters is 1. The minimum Gasteiger partial charge on any atom is -0.452 e. The topological polar surface area (TPSA) is 95.8 Å². The number of aryl methyl sites for hydroxylation is 1. The maximum absolute atomic E-state index is 12.4. The van der Waals surface area contributed by atoms with E-state index in [1.165, 1.54) is 11.3 Å². The van der Waals surface area contributed by atoms with Gasteiger partial charge in [0.25, 0.3) is 5.91 Å². The standard InChI is InChI=1S/C23H27N3O3S/c1-6-14-7-9-15(10-8-14)21(28)29-13-18(27)25-20-17(12-24)16-11-22(2,3)26-23(4,5)19(16)30-20/h7-10,26H,6,11,13H2,1-5H3,(H,25,27)/p+1. The maximum atomic E-state index is 12.4. The van der Waals surface area contributed by atoms with Crippen LogP contribution in [0.25, 0.3) is 0 Å². The molecule has 30 heavy (non-hydrogen) atoms. The van der Waals surface area contributed by atoms with Gasteiger partial charge in [-0.1, -0.05) is 19.1 Å². The highest BCUT2D eigenvalue weighted by atomic mass is 32.1. The molecule has 158 valence electrons. The summed E-state index contributed by atoms with van der Waals surface area (Å²) in [5.74, 6) is -0.999. The minimum atomic E-state index is -0.545. The highest BCUT2D eigenvalue weighted by Gasteiger charge is 2.44. The van der Waals surface area contributed by atoms with Gasteiger partial charge in [0.2, 0.25) is 0 Å². The van der Waals surface area contributed by atoms with Crippen molar-refractivity contribution < 1.29 is 19.6 Å². The third kappa shape index (κ3) is 4.55. The number of nitrogens with zero attached hydrogens (tertiary/aromatic N) is 1. The van der Waals surface area contributed by atoms with Gasteiger partial charge in [-0.15, -0.1) is 11.3 Å². The lowest BCUT2D eigenvalue weighted by Gasteiger charge is -2.38. The lowest BCUT2D eigenvalue weighted by Crippen LogP contribution is -3.03. The first kappa shape index (κ1) is 22.0. The Hall–Kier alpha value is -2.69. The van der Waals surface area contributed by atoms with Crippen LogP contribution in [0.1, 0.15) is 66.5 Å². The summed E-state index contributed by atoms with van der Waals surface area (Å²) in [7, 11) is 0. The van der Waals surface area contributed by atoms with Crippen LogP contribution in [0.3, 0.4) is 0 Å². The predicted molar refractivity (Wildman–Crippen MR) is 117 cm³/mol. The first-order chi connectivity index (χ1) is 14.1. The smallest absolute Gasteiger partial charge is 0.338 e. The SMILES string of the molecule is CCc1ccc(C(=O)OCC(=O)Nc2sc3c(c2C#N)CC(C)(C)[NH2+]C3(C)C)cc1. The van der Waals surface area contributed by atoms with Gasteiger partial charge >= 0.3 is 5.97 Å². The molecule has 1 aliphatic rings. The Labute approximate surface area is 181 Å². The van der Waals surface area contributed by atoms with Crippen LogP contribution in [-0.2, 0) is 27.9 Å². The molecule has 1 amide bonds. The molecule has 0 aliphatic carbocycles. The number of rotatable bonds is 5. The van der Waals surface area contributed by atoms with E-state index in [0.717, 1.165) is 28.8 Å². The van der Waals surface area contributed by atoms with Gasteiger partial charge in [-0.3, -0.25) is 4.79 Å². The third-order valence-electron chi connectivity index (χ3n) is 5.27. The Morgan fingerprint density at radius 1 is 1.23 bits per heavy atom. The number of carbonyl (C=O) groups is 2. The Balaban J connectivity index is 1.71. The van der Waals surface area contributed by atoms with Crippen molar-refractivity contribution >= 4 is 28.2 Å². The van der Waals surface area contributed by atoms with Crippen LogP contribution in [0, 0.1) is 11.3 Å². The number of anilines is 1. The summed E-state index contributed by atoms with van der Waals surface area (Å²) in [4.78, 5) is 25.7. The molecule has 1 aromatic carbocycles. The molecule has 0 unspecified atom stereocenters. The number of hydrogen-bond donors (Lipinski definition) is 2. The zero-order valence-corrected chi connectivity index (χ0v) is 18.9. The highest BCUT2D eigenvalue weighted by molar-refractivity contribution is 7.16. The van der Waals surface area contributed by atoms with Crippen molar-refractivity contribution in [3.05, 3.63) is 51.4 Å². The zero-order chi connectivity index (χ0) is 22.1. The van der Waals surface area contributed by atoms with E-state index in [1.54, 1.807) is 12.1 Å². The second kappa shape index (κ2) is 8.21. The molecule has 0 spiro atoms. The van der Waals surface area contributed by atoms with Gasteiger partial charge in [-0.25, -0.2) is 4.79 Å². The van der Waals surface area contributed by atoms with Gasteiger partial charge in [0, 0.05) is 6.42 Å². The van der Waals surface area contributed by atoms with Crippen molar-refractivity contribution in [3.8, 4) is 6.07 Å². The van der Waals surface area contributed by atoms with Gasteiger partial charge in [0.15, 0.2) is 6.61 Å². The van der Waals surface area contributed by atoms with Crippen LogP contribution in [0.5, 0.6) is 0 Å². The molecule has 6 nitrogen and oxygen atoms in total. The highest BCUT2D eigenvalue weighted by Crippen LogP contribution is 2.41. The minimum absolute atomic E-state index is 0.0344. The summed E-state index contributed by atoms with van der Waals surface area (Å²) in [6, 6.07) is 9.38. The summed E-state index contributed by atoms with van der Waals surface area (Å²) >= 11 is 1.43.